The van der Waals surface area contributed by atoms with Crippen molar-refractivity contribution in [3.8, 4) is 113 Å². The predicted molar refractivity (Wildman–Crippen MR) is 574 cm³/mol. The van der Waals surface area contributed by atoms with Gasteiger partial charge in [-0.15, -0.1) is 0 Å². The Labute approximate surface area is 847 Å². The maximum absolute atomic E-state index is 14.4. The summed E-state index contributed by atoms with van der Waals surface area (Å²) in [5.74, 6) is 0.293. The molecule has 0 fully saturated rings. The molecule has 0 radical (unpaired) electrons. The molecule has 0 spiro atoms. The van der Waals surface area contributed by atoms with Gasteiger partial charge in [-0.3, -0.25) is 39.9 Å². The summed E-state index contributed by atoms with van der Waals surface area (Å²) in [7, 11) is 0. The predicted octanol–water partition coefficient (Wildman–Crippen LogP) is 23.9. The van der Waals surface area contributed by atoms with Crippen molar-refractivity contribution in [1.82, 2.24) is 79.7 Å². The average molecular weight is 1960 g/mol. The van der Waals surface area contributed by atoms with E-state index < -0.39 is 17.5 Å². The Kier molecular flexibility index (Phi) is 32.4. The molecule has 32 nitrogen and oxygen atoms in total. The number of aromatic hydroxyl groups is 4. The van der Waals surface area contributed by atoms with E-state index in [0.717, 1.165) is 142 Å². The highest BCUT2D eigenvalue weighted by molar-refractivity contribution is 5.83. The largest absolute Gasteiger partial charge is 0.508 e. The molecule has 35 heteroatoms. The second-order valence-electron chi connectivity index (χ2n) is 32.8. The first-order valence-corrected chi connectivity index (χ1v) is 46.1. The van der Waals surface area contributed by atoms with Crippen LogP contribution in [0.15, 0.2) is 392 Å². The zero-order valence-corrected chi connectivity index (χ0v) is 79.6. The maximum atomic E-state index is 14.4. The summed E-state index contributed by atoms with van der Waals surface area (Å²) < 4.78 is 43.0. The van der Waals surface area contributed by atoms with E-state index in [1.165, 1.54) is 18.6 Å². The number of rotatable bonds is 29. The number of anilines is 12. The lowest BCUT2D eigenvalue weighted by atomic mass is 10.1. The smallest absolute Gasteiger partial charge is 0.244 e. The average Bonchev–Trinajstić information content (AvgIpc) is 0.814. The molecule has 0 atom stereocenters. The lowest BCUT2D eigenvalue weighted by Gasteiger charge is -2.09. The van der Waals surface area contributed by atoms with E-state index >= 15 is 0 Å². The van der Waals surface area contributed by atoms with Crippen LogP contribution in [0.1, 0.15) is 52.2 Å². The number of phenolic OH excluding ortho intramolecular Hbond substituents is 4. The minimum absolute atomic E-state index is 0.162. The van der Waals surface area contributed by atoms with E-state index in [4.69, 9.17) is 0 Å². The molecule has 0 saturated carbocycles. The molecule has 12 heterocycles. The molecule has 12 aromatic heterocycles. The van der Waals surface area contributed by atoms with E-state index in [1.807, 2.05) is 240 Å². The first-order valence-electron chi connectivity index (χ1n) is 46.1. The number of nitrogens with one attached hydrogen (secondary N) is 8. The van der Waals surface area contributed by atoms with Gasteiger partial charge < -0.3 is 41.7 Å². The minimum atomic E-state index is -0.529. The van der Waals surface area contributed by atoms with Crippen LogP contribution in [0.5, 0.6) is 23.0 Å². The van der Waals surface area contributed by atoms with E-state index in [9.17, 15) is 33.6 Å². The third-order valence-electron chi connectivity index (χ3n) is 22.1. The van der Waals surface area contributed by atoms with Gasteiger partial charge in [0.05, 0.1) is 119 Å². The van der Waals surface area contributed by atoms with Gasteiger partial charge in [-0.2, -0.15) is 20.4 Å². The highest BCUT2D eigenvalue weighted by atomic mass is 19.1. The first-order chi connectivity index (χ1) is 72.3. The number of aromatic nitrogens is 16. The van der Waals surface area contributed by atoms with Gasteiger partial charge in [0.15, 0.2) is 17.5 Å². The van der Waals surface area contributed by atoms with E-state index in [1.54, 1.807) is 147 Å². The molecule has 148 heavy (non-hydrogen) atoms. The van der Waals surface area contributed by atoms with Gasteiger partial charge >= 0.3 is 0 Å². The van der Waals surface area contributed by atoms with Crippen molar-refractivity contribution >= 4 is 94.2 Å². The number of benzene rings is 8. The number of nitrogens with zero attached hydrogens (tertiary/aromatic N) is 20. The fourth-order valence-electron chi connectivity index (χ4n) is 14.7. The summed E-state index contributed by atoms with van der Waals surface area (Å²) in [5.41, 5.74) is 35.9. The van der Waals surface area contributed by atoms with Gasteiger partial charge in [-0.1, -0.05) is 104 Å². The highest BCUT2D eigenvalue weighted by Gasteiger charge is 2.18. The summed E-state index contributed by atoms with van der Waals surface area (Å²) in [6.45, 7) is 7.56. The number of aryl methyl sites for hydroxylation is 4. The lowest BCUT2D eigenvalue weighted by molar-refractivity contribution is 0.475. The van der Waals surface area contributed by atoms with Gasteiger partial charge in [0.2, 0.25) is 23.8 Å². The summed E-state index contributed by atoms with van der Waals surface area (Å²) in [5, 5.41) is 68.6. The van der Waals surface area contributed by atoms with Crippen LogP contribution in [-0.4, -0.2) is 125 Å². The molecule has 0 aliphatic carbocycles. The molecular formula is C113H91F3N28O4. The maximum Gasteiger partial charge on any atom is 0.244 e. The first kappa shape index (κ1) is 98.9. The quantitative estimate of drug-likeness (QED) is 0.0153. The van der Waals surface area contributed by atoms with E-state index in [-0.39, 0.29) is 57.9 Å². The molecular weight excluding hydrogens is 1870 g/mol. The summed E-state index contributed by atoms with van der Waals surface area (Å²) in [6, 6.07) is 87.8. The molecule has 0 amide bonds. The SMILES string of the molecule is CCc1cnccc1-c1nc(N/N=C/c2ccc(Nc3ccc(-c4cccc(O)c4)cc3)cn2)ncc1F.Cc1cc(-c2ccncc2)nc(N/N=C/c2ccc(Nc3ccc(-c4cccc(O)c4)cc3)cn2)n1.Cc1cc(-c2nc(N/N=C/c3ccc(Nc4ccc(-c5cccc(O)c5)cc4)cn3)ncc2F)ccn1.Cc1cnccc1-c1nc(N/N=C/c2ccc(Nc3ccc(-c4cccc(O)c4)cc3)cn2)ncc1F. The van der Waals surface area contributed by atoms with Crippen LogP contribution >= 0.6 is 0 Å². The highest BCUT2D eigenvalue weighted by Crippen LogP contribution is 2.35. The van der Waals surface area contributed by atoms with Crippen molar-refractivity contribution in [3.05, 3.63) is 435 Å². The zero-order valence-electron chi connectivity index (χ0n) is 79.6. The topological polar surface area (TPSA) is 433 Å². The second kappa shape index (κ2) is 48.5. The number of pyridine rings is 8. The standard InChI is InChI=1S/C29H24FN7O.2C28H22FN7O.C28H23N7O/c1-2-19-15-31-13-12-26(19)28-27(30)18-33-29(36-28)37-34-17-23-10-11-24(16-32-23)35-22-8-6-20(7-9-22)21-4-3-5-25(38)14-21;1-18-14-30-12-11-25(18)27-26(29)17-32-28(35-27)36-33-16-22-9-10-23(15-31-22)34-21-7-5-19(6-8-21)20-3-2-4-24(37)13-20;1-18-13-21(11-12-30-18)27-26(29)17-32-28(35-27)36-33-16-23-9-10-24(15-31-23)34-22-7-5-19(6-8-22)20-3-2-4-25(37)14-20;1-19-15-27(21-11-13-29-14-12-21)34-28(32-19)35-31-18-24-9-10-25(17-30-24)33-23-7-5-20(6-8-23)22-3-2-4-26(36)16-22/h3-18,35,38H,2H2,1H3,(H,33,36,37);2*2-17,34,37H,1H3,(H,32,35,36);2-18,33,36H,1H3,(H,32,34,35)/b34-17+;2*33-16+;31-18+. The van der Waals surface area contributed by atoms with Crippen LogP contribution in [0.3, 0.4) is 0 Å². The van der Waals surface area contributed by atoms with Crippen molar-refractivity contribution in [2.24, 2.45) is 20.4 Å². The monoisotopic (exact) mass is 1960 g/mol. The molecule has 0 saturated heterocycles. The fourth-order valence-corrected chi connectivity index (χ4v) is 14.7. The molecule has 0 aliphatic heterocycles. The minimum Gasteiger partial charge on any atom is -0.508 e. The number of hydrazone groups is 4. The normalized spacial score (nSPS) is 11.0. The number of hydrogen-bond acceptors (Lipinski definition) is 32. The molecule has 20 rings (SSSR count). The molecule has 8 aromatic carbocycles. The molecule has 0 aliphatic rings. The van der Waals surface area contributed by atoms with Crippen molar-refractivity contribution in [2.75, 3.05) is 43.0 Å². The summed E-state index contributed by atoms with van der Waals surface area (Å²) in [4.78, 5) is 67.4. The Morgan fingerprint density at radius 3 is 0.959 bits per heavy atom. The van der Waals surface area contributed by atoms with E-state index in [0.29, 0.717) is 51.8 Å². The molecule has 0 unspecified atom stereocenters. The lowest BCUT2D eigenvalue weighted by Crippen LogP contribution is -2.02. The van der Waals surface area contributed by atoms with Gasteiger partial charge in [-0.05, 0) is 271 Å². The number of phenols is 4. The number of halogens is 3. The van der Waals surface area contributed by atoms with Gasteiger partial charge in [0.1, 0.15) is 40.1 Å². The summed E-state index contributed by atoms with van der Waals surface area (Å²) >= 11 is 0. The molecule has 12 N–H and O–H groups in total. The third-order valence-corrected chi connectivity index (χ3v) is 22.1. The van der Waals surface area contributed by atoms with Crippen molar-refractivity contribution in [2.45, 2.75) is 34.1 Å². The second-order valence-corrected chi connectivity index (χ2v) is 32.8. The van der Waals surface area contributed by atoms with E-state index in [2.05, 4.69) is 143 Å². The van der Waals surface area contributed by atoms with Gasteiger partial charge in [0, 0.05) is 99.8 Å². The van der Waals surface area contributed by atoms with Crippen molar-refractivity contribution in [1.29, 1.82) is 0 Å². The van der Waals surface area contributed by atoms with Crippen molar-refractivity contribution in [3.63, 3.8) is 0 Å². The Balaban J connectivity index is 0.000000135. The van der Waals surface area contributed by atoms with Crippen LogP contribution in [0.4, 0.5) is 82.5 Å². The van der Waals surface area contributed by atoms with Crippen molar-refractivity contribution < 1.29 is 33.6 Å². The van der Waals surface area contributed by atoms with Crippen LogP contribution in [0.2, 0.25) is 0 Å². The molecule has 20 aromatic rings. The molecule has 728 valence electrons. The van der Waals surface area contributed by atoms with Crippen LogP contribution in [-0.2, 0) is 6.42 Å². The Hall–Kier alpha value is -20.6. The van der Waals surface area contributed by atoms with Crippen LogP contribution in [0, 0.1) is 38.2 Å². The summed E-state index contributed by atoms with van der Waals surface area (Å²) in [6.07, 6.45) is 28.7. The Bertz CT molecular complexity index is 8060. The zero-order chi connectivity index (χ0) is 102. The Morgan fingerprint density at radius 2 is 0.601 bits per heavy atom. The third kappa shape index (κ3) is 27.7. The Morgan fingerprint density at radius 1 is 0.264 bits per heavy atom. The fraction of sp³-hybridized carbons (Fsp3) is 0.0442. The number of hydrogen-bond donors (Lipinski definition) is 12. The van der Waals surface area contributed by atoms with Gasteiger partial charge in [0.25, 0.3) is 0 Å². The van der Waals surface area contributed by atoms with Gasteiger partial charge in [-0.25, -0.2) is 74.7 Å². The van der Waals surface area contributed by atoms with Crippen LogP contribution in [0.25, 0.3) is 89.5 Å². The molecule has 0 bridgehead atoms. The van der Waals surface area contributed by atoms with Crippen LogP contribution < -0.4 is 43.0 Å².